The van der Waals surface area contributed by atoms with Crippen LogP contribution >= 0.6 is 0 Å². The molecule has 0 saturated heterocycles. The molecule has 1 aromatic carbocycles. The molecule has 4 heteroatoms. The third-order valence-corrected chi connectivity index (χ3v) is 2.47. The summed E-state index contributed by atoms with van der Waals surface area (Å²) in [6.45, 7) is 2.99. The van der Waals surface area contributed by atoms with Gasteiger partial charge in [-0.3, -0.25) is 0 Å². The summed E-state index contributed by atoms with van der Waals surface area (Å²) in [5, 5.41) is 0. The number of aryl methyl sites for hydroxylation is 1. The van der Waals surface area contributed by atoms with Gasteiger partial charge in [0, 0.05) is 7.11 Å². The van der Waals surface area contributed by atoms with E-state index in [4.69, 9.17) is 19.9 Å². The van der Waals surface area contributed by atoms with Crippen molar-refractivity contribution in [2.45, 2.75) is 19.4 Å². The van der Waals surface area contributed by atoms with Gasteiger partial charge in [-0.05, 0) is 24.1 Å². The third kappa shape index (κ3) is 4.24. The first-order chi connectivity index (χ1) is 8.21. The van der Waals surface area contributed by atoms with Crippen LogP contribution in [0.3, 0.4) is 0 Å². The Kier molecular flexibility index (Phi) is 5.80. The van der Waals surface area contributed by atoms with E-state index in [9.17, 15) is 0 Å². The molecule has 0 bridgehead atoms. The van der Waals surface area contributed by atoms with Crippen molar-refractivity contribution in [2.75, 3.05) is 27.4 Å². The predicted octanol–water partition coefficient (Wildman–Crippen LogP) is 1.61. The molecule has 0 aliphatic carbocycles. The lowest BCUT2D eigenvalue weighted by Gasteiger charge is -2.15. The summed E-state index contributed by atoms with van der Waals surface area (Å²) >= 11 is 0. The Labute approximate surface area is 103 Å². The molecular weight excluding hydrogens is 218 g/mol. The van der Waals surface area contributed by atoms with E-state index in [1.165, 1.54) is 5.56 Å². The second-order valence-corrected chi connectivity index (χ2v) is 3.87. The van der Waals surface area contributed by atoms with E-state index in [2.05, 4.69) is 6.92 Å². The van der Waals surface area contributed by atoms with Crippen molar-refractivity contribution < 1.29 is 14.2 Å². The highest BCUT2D eigenvalue weighted by molar-refractivity contribution is 5.42. The average Bonchev–Trinajstić information content (AvgIpc) is 2.36. The summed E-state index contributed by atoms with van der Waals surface area (Å²) in [6.07, 6.45) is 0.972. The van der Waals surface area contributed by atoms with Gasteiger partial charge in [0.1, 0.15) is 6.61 Å². The van der Waals surface area contributed by atoms with Gasteiger partial charge in [0.2, 0.25) is 0 Å². The van der Waals surface area contributed by atoms with E-state index in [-0.39, 0.29) is 6.04 Å². The maximum absolute atomic E-state index is 5.79. The van der Waals surface area contributed by atoms with Gasteiger partial charge in [0.15, 0.2) is 11.5 Å². The van der Waals surface area contributed by atoms with Gasteiger partial charge in [-0.2, -0.15) is 0 Å². The fourth-order valence-corrected chi connectivity index (χ4v) is 1.51. The fourth-order valence-electron chi connectivity index (χ4n) is 1.51. The lowest BCUT2D eigenvalue weighted by atomic mass is 10.1. The van der Waals surface area contributed by atoms with Crippen LogP contribution < -0.4 is 15.2 Å². The predicted molar refractivity (Wildman–Crippen MR) is 67.7 cm³/mol. The first-order valence-electron chi connectivity index (χ1n) is 5.75. The lowest BCUT2D eigenvalue weighted by molar-refractivity contribution is 0.151. The van der Waals surface area contributed by atoms with Crippen LogP contribution in [0.15, 0.2) is 18.2 Å². The van der Waals surface area contributed by atoms with Gasteiger partial charge in [-0.1, -0.05) is 13.0 Å². The number of hydrogen-bond donors (Lipinski definition) is 1. The topological polar surface area (TPSA) is 53.7 Å². The van der Waals surface area contributed by atoms with Crippen LogP contribution in [0.5, 0.6) is 11.5 Å². The minimum Gasteiger partial charge on any atom is -0.493 e. The first kappa shape index (κ1) is 13.8. The summed E-state index contributed by atoms with van der Waals surface area (Å²) in [4.78, 5) is 0. The molecule has 96 valence electrons. The summed E-state index contributed by atoms with van der Waals surface area (Å²) in [5.74, 6) is 1.46. The number of nitrogens with two attached hydrogens (primary N) is 1. The quantitative estimate of drug-likeness (QED) is 0.785. The Hall–Kier alpha value is -1.26. The highest BCUT2D eigenvalue weighted by Crippen LogP contribution is 2.28. The Morgan fingerprint density at radius 3 is 2.53 bits per heavy atom. The lowest BCUT2D eigenvalue weighted by Crippen LogP contribution is -2.32. The van der Waals surface area contributed by atoms with Crippen LogP contribution in [0.2, 0.25) is 0 Å². The molecule has 0 fully saturated rings. The van der Waals surface area contributed by atoms with Crippen molar-refractivity contribution in [2.24, 2.45) is 5.73 Å². The highest BCUT2D eigenvalue weighted by atomic mass is 16.5. The van der Waals surface area contributed by atoms with Gasteiger partial charge in [-0.15, -0.1) is 0 Å². The number of methoxy groups -OCH3 is 2. The minimum atomic E-state index is -0.129. The van der Waals surface area contributed by atoms with Crippen molar-refractivity contribution in [1.29, 1.82) is 0 Å². The molecule has 0 amide bonds. The summed E-state index contributed by atoms with van der Waals surface area (Å²) in [6, 6.07) is 5.80. The molecule has 2 N–H and O–H groups in total. The van der Waals surface area contributed by atoms with Crippen molar-refractivity contribution in [3.63, 3.8) is 0 Å². The van der Waals surface area contributed by atoms with Gasteiger partial charge in [0.05, 0.1) is 19.8 Å². The van der Waals surface area contributed by atoms with E-state index in [1.807, 2.05) is 18.2 Å². The van der Waals surface area contributed by atoms with E-state index >= 15 is 0 Å². The molecule has 1 rings (SSSR count). The van der Waals surface area contributed by atoms with Crippen LogP contribution in [0.4, 0.5) is 0 Å². The fraction of sp³-hybridized carbons (Fsp3) is 0.538. The van der Waals surface area contributed by atoms with E-state index in [1.54, 1.807) is 14.2 Å². The van der Waals surface area contributed by atoms with Crippen LogP contribution in [0, 0.1) is 0 Å². The molecular formula is C13H21NO3. The van der Waals surface area contributed by atoms with E-state index in [0.29, 0.717) is 13.2 Å². The largest absolute Gasteiger partial charge is 0.493 e. The Balaban J connectivity index is 2.63. The smallest absolute Gasteiger partial charge is 0.161 e. The van der Waals surface area contributed by atoms with Gasteiger partial charge in [-0.25, -0.2) is 0 Å². The average molecular weight is 239 g/mol. The highest BCUT2D eigenvalue weighted by Gasteiger charge is 2.08. The van der Waals surface area contributed by atoms with Crippen LogP contribution in [-0.2, 0) is 11.2 Å². The van der Waals surface area contributed by atoms with Crippen molar-refractivity contribution in [3.05, 3.63) is 23.8 Å². The Bertz CT molecular complexity index is 341. The summed E-state index contributed by atoms with van der Waals surface area (Å²) in [7, 11) is 3.26. The maximum Gasteiger partial charge on any atom is 0.161 e. The van der Waals surface area contributed by atoms with E-state index in [0.717, 1.165) is 17.9 Å². The molecule has 0 aliphatic heterocycles. The molecule has 0 aliphatic rings. The van der Waals surface area contributed by atoms with Crippen LogP contribution in [0.1, 0.15) is 12.5 Å². The minimum absolute atomic E-state index is 0.129. The molecule has 1 unspecified atom stereocenters. The third-order valence-electron chi connectivity index (χ3n) is 2.47. The zero-order valence-electron chi connectivity index (χ0n) is 10.7. The second kappa shape index (κ2) is 7.14. The number of benzene rings is 1. The molecule has 17 heavy (non-hydrogen) atoms. The number of rotatable bonds is 7. The zero-order chi connectivity index (χ0) is 12.7. The molecule has 1 atom stereocenters. The number of ether oxygens (including phenoxy) is 3. The molecule has 0 aromatic heterocycles. The monoisotopic (exact) mass is 239 g/mol. The number of hydrogen-bond acceptors (Lipinski definition) is 4. The van der Waals surface area contributed by atoms with Crippen molar-refractivity contribution >= 4 is 0 Å². The standard InChI is InChI=1S/C13H21NO3/c1-4-10-5-6-12(13(7-10)16-3)17-9-11(14)8-15-2/h5-7,11H,4,8-9,14H2,1-3H3. The molecule has 1 aromatic rings. The van der Waals surface area contributed by atoms with Crippen molar-refractivity contribution in [1.82, 2.24) is 0 Å². The second-order valence-electron chi connectivity index (χ2n) is 3.87. The van der Waals surface area contributed by atoms with Gasteiger partial charge >= 0.3 is 0 Å². The van der Waals surface area contributed by atoms with Crippen LogP contribution in [-0.4, -0.2) is 33.5 Å². The molecule has 4 nitrogen and oxygen atoms in total. The SMILES string of the molecule is CCc1ccc(OCC(N)COC)c(OC)c1. The Morgan fingerprint density at radius 1 is 1.18 bits per heavy atom. The molecule has 0 heterocycles. The van der Waals surface area contributed by atoms with Crippen LogP contribution in [0.25, 0.3) is 0 Å². The maximum atomic E-state index is 5.79. The van der Waals surface area contributed by atoms with Crippen molar-refractivity contribution in [3.8, 4) is 11.5 Å². The molecule has 0 radical (unpaired) electrons. The Morgan fingerprint density at radius 2 is 1.94 bits per heavy atom. The summed E-state index contributed by atoms with van der Waals surface area (Å²) in [5.41, 5.74) is 7.01. The normalized spacial score (nSPS) is 12.2. The summed E-state index contributed by atoms with van der Waals surface area (Å²) < 4.78 is 15.8. The zero-order valence-corrected chi connectivity index (χ0v) is 10.7. The van der Waals surface area contributed by atoms with Gasteiger partial charge < -0.3 is 19.9 Å². The van der Waals surface area contributed by atoms with E-state index < -0.39 is 0 Å². The molecule has 0 spiro atoms. The molecule has 0 saturated carbocycles. The van der Waals surface area contributed by atoms with Gasteiger partial charge in [0.25, 0.3) is 0 Å². The first-order valence-corrected chi connectivity index (χ1v) is 5.75.